The second-order valence-corrected chi connectivity index (χ2v) is 5.28. The zero-order chi connectivity index (χ0) is 15.4. The molecule has 0 spiro atoms. The maximum absolute atomic E-state index is 9.42. The van der Waals surface area contributed by atoms with E-state index in [1.165, 1.54) is 0 Å². The zero-order valence-electron chi connectivity index (χ0n) is 11.1. The minimum Gasteiger partial charge on any atom is -0.497 e. The molecule has 0 aliphatic rings. The van der Waals surface area contributed by atoms with Gasteiger partial charge in [-0.1, -0.05) is 34.4 Å². The van der Waals surface area contributed by atoms with E-state index in [1.807, 2.05) is 0 Å². The number of methoxy groups -OCH3 is 1. The lowest BCUT2D eigenvalue weighted by atomic mass is 9.98. The second kappa shape index (κ2) is 7.03. The van der Waals surface area contributed by atoms with E-state index in [2.05, 4.69) is 5.16 Å². The Kier molecular flexibility index (Phi) is 5.34. The maximum atomic E-state index is 9.42. The molecule has 110 valence electrons. The molecule has 1 N–H and O–H groups in total. The Morgan fingerprint density at radius 2 is 1.86 bits per heavy atom. The first-order chi connectivity index (χ1) is 10.1. The van der Waals surface area contributed by atoms with Crippen LogP contribution >= 0.6 is 34.8 Å². The topological polar surface area (TPSA) is 41.8 Å². The lowest BCUT2D eigenvalue weighted by Crippen LogP contribution is -2.08. The van der Waals surface area contributed by atoms with Gasteiger partial charge in [-0.25, -0.2) is 0 Å². The quantitative estimate of drug-likeness (QED) is 0.368. The van der Waals surface area contributed by atoms with Gasteiger partial charge in [-0.05, 0) is 35.9 Å². The highest BCUT2D eigenvalue weighted by Crippen LogP contribution is 2.30. The van der Waals surface area contributed by atoms with E-state index in [9.17, 15) is 5.21 Å². The summed E-state index contributed by atoms with van der Waals surface area (Å²) in [6, 6.07) is 10.4. The molecule has 6 heteroatoms. The number of alkyl halides is 1. The Hall–Kier alpha value is -1.42. The Labute approximate surface area is 137 Å². The Morgan fingerprint density at radius 1 is 1.19 bits per heavy atom. The molecule has 0 unspecified atom stereocenters. The van der Waals surface area contributed by atoms with Crippen LogP contribution < -0.4 is 4.74 Å². The standard InChI is InChI=1S/C15H12Cl3NO2/c1-21-10-5-6-11(9(7-10)8-16)15(19-20)14-12(17)3-2-4-13(14)18/h2-7,20H,8H2,1H3/b19-15-. The largest absolute Gasteiger partial charge is 0.497 e. The summed E-state index contributed by atoms with van der Waals surface area (Å²) >= 11 is 18.3. The van der Waals surface area contributed by atoms with Crippen LogP contribution in [0.5, 0.6) is 5.75 Å². The summed E-state index contributed by atoms with van der Waals surface area (Å²) in [6.45, 7) is 0. The molecular formula is C15H12Cl3NO2. The molecule has 0 aliphatic heterocycles. The highest BCUT2D eigenvalue weighted by molar-refractivity contribution is 6.41. The number of halogens is 3. The summed E-state index contributed by atoms with van der Waals surface area (Å²) in [6.07, 6.45) is 0. The molecule has 0 aliphatic carbocycles. The molecule has 0 bridgehead atoms. The lowest BCUT2D eigenvalue weighted by molar-refractivity contribution is 0.319. The number of rotatable bonds is 4. The van der Waals surface area contributed by atoms with Crippen LogP contribution in [0.1, 0.15) is 16.7 Å². The summed E-state index contributed by atoms with van der Waals surface area (Å²) in [5.74, 6) is 0.894. The fraction of sp³-hybridized carbons (Fsp3) is 0.133. The number of hydrogen-bond acceptors (Lipinski definition) is 3. The van der Waals surface area contributed by atoms with E-state index in [0.29, 0.717) is 26.9 Å². The van der Waals surface area contributed by atoms with Gasteiger partial charge in [-0.2, -0.15) is 0 Å². The van der Waals surface area contributed by atoms with Gasteiger partial charge in [0, 0.05) is 17.0 Å². The maximum Gasteiger partial charge on any atom is 0.120 e. The van der Waals surface area contributed by atoms with Crippen molar-refractivity contribution in [1.82, 2.24) is 0 Å². The minimum absolute atomic E-state index is 0.230. The molecule has 0 fully saturated rings. The van der Waals surface area contributed by atoms with E-state index in [4.69, 9.17) is 39.5 Å². The molecule has 3 nitrogen and oxygen atoms in total. The van der Waals surface area contributed by atoms with Gasteiger partial charge < -0.3 is 9.94 Å². The van der Waals surface area contributed by atoms with E-state index >= 15 is 0 Å². The summed E-state index contributed by atoms with van der Waals surface area (Å²) in [5, 5.41) is 13.6. The van der Waals surface area contributed by atoms with Crippen molar-refractivity contribution in [2.24, 2.45) is 5.16 Å². The predicted molar refractivity (Wildman–Crippen MR) is 86.4 cm³/mol. The first-order valence-corrected chi connectivity index (χ1v) is 7.31. The van der Waals surface area contributed by atoms with Crippen molar-refractivity contribution in [1.29, 1.82) is 0 Å². The van der Waals surface area contributed by atoms with Crippen molar-refractivity contribution in [2.45, 2.75) is 5.88 Å². The third-order valence-corrected chi connectivity index (χ3v) is 3.93. The van der Waals surface area contributed by atoms with E-state index in [1.54, 1.807) is 43.5 Å². The highest BCUT2D eigenvalue weighted by atomic mass is 35.5. The van der Waals surface area contributed by atoms with Gasteiger partial charge in [-0.15, -0.1) is 11.6 Å². The summed E-state index contributed by atoms with van der Waals surface area (Å²) in [5.41, 5.74) is 2.12. The summed E-state index contributed by atoms with van der Waals surface area (Å²) in [7, 11) is 1.57. The molecule has 21 heavy (non-hydrogen) atoms. The molecule has 0 aromatic heterocycles. The predicted octanol–water partition coefficient (Wildman–Crippen LogP) is 4.97. The molecule has 0 radical (unpaired) electrons. The third-order valence-electron chi connectivity index (χ3n) is 3.01. The van der Waals surface area contributed by atoms with Gasteiger partial charge in [0.25, 0.3) is 0 Å². The van der Waals surface area contributed by atoms with Crippen molar-refractivity contribution < 1.29 is 9.94 Å². The lowest BCUT2D eigenvalue weighted by Gasteiger charge is -2.13. The van der Waals surface area contributed by atoms with Crippen LogP contribution in [-0.4, -0.2) is 18.0 Å². The Bertz CT molecular complexity index is 666. The van der Waals surface area contributed by atoms with Crippen LogP contribution in [0.3, 0.4) is 0 Å². The number of benzene rings is 2. The highest BCUT2D eigenvalue weighted by Gasteiger charge is 2.18. The van der Waals surface area contributed by atoms with Gasteiger partial charge in [0.2, 0.25) is 0 Å². The smallest absolute Gasteiger partial charge is 0.120 e. The Morgan fingerprint density at radius 3 is 2.38 bits per heavy atom. The van der Waals surface area contributed by atoms with Crippen molar-refractivity contribution in [3.63, 3.8) is 0 Å². The number of nitrogens with zero attached hydrogens (tertiary/aromatic N) is 1. The van der Waals surface area contributed by atoms with Gasteiger partial charge in [0.1, 0.15) is 11.5 Å². The van der Waals surface area contributed by atoms with Crippen molar-refractivity contribution in [2.75, 3.05) is 7.11 Å². The summed E-state index contributed by atoms with van der Waals surface area (Å²) < 4.78 is 5.17. The molecular weight excluding hydrogens is 333 g/mol. The van der Waals surface area contributed by atoms with E-state index in [0.717, 1.165) is 5.56 Å². The monoisotopic (exact) mass is 343 g/mol. The average molecular weight is 345 g/mol. The third kappa shape index (κ3) is 3.26. The second-order valence-electron chi connectivity index (χ2n) is 4.20. The molecule has 2 rings (SSSR count). The number of ether oxygens (including phenoxy) is 1. The van der Waals surface area contributed by atoms with Gasteiger partial charge >= 0.3 is 0 Å². The van der Waals surface area contributed by atoms with Crippen molar-refractivity contribution in [3.05, 3.63) is 63.1 Å². The fourth-order valence-electron chi connectivity index (χ4n) is 2.00. The fourth-order valence-corrected chi connectivity index (χ4v) is 2.80. The average Bonchev–Trinajstić information content (AvgIpc) is 2.50. The normalized spacial score (nSPS) is 11.5. The van der Waals surface area contributed by atoms with E-state index in [-0.39, 0.29) is 11.6 Å². The van der Waals surface area contributed by atoms with Crippen molar-refractivity contribution in [3.8, 4) is 5.75 Å². The molecule has 0 saturated carbocycles. The van der Waals surface area contributed by atoms with Crippen molar-refractivity contribution >= 4 is 40.5 Å². The Balaban J connectivity index is 2.63. The summed E-state index contributed by atoms with van der Waals surface area (Å²) in [4.78, 5) is 0. The molecule has 0 saturated heterocycles. The molecule has 0 amide bonds. The molecule has 2 aromatic rings. The van der Waals surface area contributed by atoms with Crippen LogP contribution in [0.4, 0.5) is 0 Å². The van der Waals surface area contributed by atoms with Crippen LogP contribution in [0.25, 0.3) is 0 Å². The van der Waals surface area contributed by atoms with Crippen LogP contribution in [0.2, 0.25) is 10.0 Å². The van der Waals surface area contributed by atoms with Gasteiger partial charge in [-0.3, -0.25) is 0 Å². The molecule has 0 heterocycles. The number of hydrogen-bond donors (Lipinski definition) is 1. The minimum atomic E-state index is 0.230. The molecule has 2 aromatic carbocycles. The van der Waals surface area contributed by atoms with Gasteiger partial charge in [0.05, 0.1) is 17.2 Å². The first kappa shape index (κ1) is 16.0. The first-order valence-electron chi connectivity index (χ1n) is 6.02. The number of oxime groups is 1. The molecule has 0 atom stereocenters. The van der Waals surface area contributed by atoms with Crippen LogP contribution in [0.15, 0.2) is 41.6 Å². The van der Waals surface area contributed by atoms with E-state index < -0.39 is 0 Å². The van der Waals surface area contributed by atoms with Crippen LogP contribution in [0, 0.1) is 0 Å². The zero-order valence-corrected chi connectivity index (χ0v) is 13.4. The van der Waals surface area contributed by atoms with Gasteiger partial charge in [0.15, 0.2) is 0 Å². The van der Waals surface area contributed by atoms with Crippen LogP contribution in [-0.2, 0) is 5.88 Å². The SMILES string of the molecule is COc1ccc(/C(=N/O)c2c(Cl)cccc2Cl)c(CCl)c1.